The first kappa shape index (κ1) is 17.0. The molecular weight excluding hydrogens is 338 g/mol. The molecule has 0 atom stereocenters. The van der Waals surface area contributed by atoms with Gasteiger partial charge >= 0.3 is 0 Å². The highest BCUT2D eigenvalue weighted by Gasteiger charge is 2.14. The maximum Gasteiger partial charge on any atom is 0.193 e. The van der Waals surface area contributed by atoms with Crippen LogP contribution in [0.4, 0.5) is 5.69 Å². The lowest BCUT2D eigenvalue weighted by molar-refractivity contribution is 0.103. The second kappa shape index (κ2) is 7.38. The Morgan fingerprint density at radius 1 is 1.00 bits per heavy atom. The van der Waals surface area contributed by atoms with Crippen molar-refractivity contribution in [1.82, 2.24) is 0 Å². The van der Waals surface area contributed by atoms with Crippen molar-refractivity contribution < 1.29 is 14.7 Å². The number of anilines is 1. The van der Waals surface area contributed by atoms with E-state index in [4.69, 9.17) is 21.5 Å². The van der Waals surface area contributed by atoms with Gasteiger partial charge in [0.2, 0.25) is 0 Å². The molecule has 5 heteroatoms. The van der Waals surface area contributed by atoms with Crippen LogP contribution in [-0.4, -0.2) is 18.1 Å². The second-order valence-electron chi connectivity index (χ2n) is 5.44. The Kier molecular flexibility index (Phi) is 5.03. The third-order valence-corrected chi connectivity index (χ3v) is 4.11. The predicted molar refractivity (Wildman–Crippen MR) is 98.7 cm³/mol. The van der Waals surface area contributed by atoms with E-state index in [0.717, 1.165) is 11.1 Å². The number of halogens is 1. The molecule has 25 heavy (non-hydrogen) atoms. The van der Waals surface area contributed by atoms with Gasteiger partial charge in [-0.1, -0.05) is 23.7 Å². The molecule has 0 amide bonds. The lowest BCUT2D eigenvalue weighted by Crippen LogP contribution is -2.02. The molecule has 0 spiro atoms. The largest absolute Gasteiger partial charge is 0.496 e. The molecule has 3 aromatic rings. The fourth-order valence-electron chi connectivity index (χ4n) is 2.59. The highest BCUT2D eigenvalue weighted by molar-refractivity contribution is 6.30. The number of methoxy groups -OCH3 is 1. The number of carbonyl (C=O) groups excluding carboxylic acids is 1. The van der Waals surface area contributed by atoms with Gasteiger partial charge in [0.15, 0.2) is 5.78 Å². The number of ether oxygens (including phenoxy) is 1. The van der Waals surface area contributed by atoms with E-state index in [1.54, 1.807) is 55.6 Å². The minimum Gasteiger partial charge on any atom is -0.496 e. The van der Waals surface area contributed by atoms with E-state index in [0.29, 0.717) is 27.6 Å². The first-order valence-electron chi connectivity index (χ1n) is 7.61. The van der Waals surface area contributed by atoms with E-state index < -0.39 is 0 Å². The summed E-state index contributed by atoms with van der Waals surface area (Å²) in [6.45, 7) is 0. The lowest BCUT2D eigenvalue weighted by Gasteiger charge is -2.11. The Hall–Kier alpha value is -2.82. The summed E-state index contributed by atoms with van der Waals surface area (Å²) in [6, 6.07) is 19.3. The Bertz CT molecular complexity index is 907. The van der Waals surface area contributed by atoms with Gasteiger partial charge in [-0.25, -0.2) is 0 Å². The number of nitrogens with one attached hydrogen (secondary N) is 1. The molecular formula is C20H16ClNO3. The molecule has 126 valence electrons. The average molecular weight is 354 g/mol. The Morgan fingerprint density at radius 2 is 1.72 bits per heavy atom. The van der Waals surface area contributed by atoms with Gasteiger partial charge in [0.1, 0.15) is 5.75 Å². The number of benzene rings is 3. The molecule has 0 aromatic heterocycles. The van der Waals surface area contributed by atoms with Crippen LogP contribution < -0.4 is 10.2 Å². The van der Waals surface area contributed by atoms with E-state index in [1.165, 1.54) is 0 Å². The number of carbonyl (C=O) groups is 1. The predicted octanol–water partition coefficient (Wildman–Crippen LogP) is 5.05. The molecule has 3 rings (SSSR count). The lowest BCUT2D eigenvalue weighted by atomic mass is 9.97. The van der Waals surface area contributed by atoms with Crippen LogP contribution in [0.2, 0.25) is 5.02 Å². The van der Waals surface area contributed by atoms with E-state index >= 15 is 0 Å². The van der Waals surface area contributed by atoms with Crippen molar-refractivity contribution in [1.29, 1.82) is 0 Å². The molecule has 0 aliphatic carbocycles. The summed E-state index contributed by atoms with van der Waals surface area (Å²) in [7, 11) is 1.59. The third kappa shape index (κ3) is 3.65. The number of hydrogen-bond acceptors (Lipinski definition) is 4. The number of ketones is 1. The van der Waals surface area contributed by atoms with Crippen LogP contribution in [0.1, 0.15) is 15.9 Å². The van der Waals surface area contributed by atoms with Gasteiger partial charge in [0.25, 0.3) is 0 Å². The summed E-state index contributed by atoms with van der Waals surface area (Å²) < 4.78 is 5.42. The second-order valence-corrected chi connectivity index (χ2v) is 5.88. The van der Waals surface area contributed by atoms with Gasteiger partial charge < -0.3 is 4.74 Å². The zero-order chi connectivity index (χ0) is 17.8. The average Bonchev–Trinajstić information content (AvgIpc) is 2.67. The molecule has 0 radical (unpaired) electrons. The SMILES string of the molecule is COc1ccc(C(=O)c2ccc(NO)cc2)cc1-c1cccc(Cl)c1. The minimum atomic E-state index is -0.115. The molecule has 0 heterocycles. The highest BCUT2D eigenvalue weighted by Crippen LogP contribution is 2.33. The summed E-state index contributed by atoms with van der Waals surface area (Å²) in [5, 5.41) is 9.48. The molecule has 0 unspecified atom stereocenters. The van der Waals surface area contributed by atoms with Gasteiger partial charge in [-0.05, 0) is 60.2 Å². The van der Waals surface area contributed by atoms with E-state index in [2.05, 4.69) is 0 Å². The van der Waals surface area contributed by atoms with Crippen LogP contribution in [0, 0.1) is 0 Å². The normalized spacial score (nSPS) is 10.4. The van der Waals surface area contributed by atoms with E-state index in [-0.39, 0.29) is 5.78 Å². The quantitative estimate of drug-likeness (QED) is 0.498. The monoisotopic (exact) mass is 353 g/mol. The van der Waals surface area contributed by atoms with Crippen molar-refractivity contribution in [2.45, 2.75) is 0 Å². The van der Waals surface area contributed by atoms with Crippen molar-refractivity contribution in [3.8, 4) is 16.9 Å². The molecule has 0 bridgehead atoms. The Labute approximate surface area is 150 Å². The van der Waals surface area contributed by atoms with Gasteiger partial charge in [0, 0.05) is 21.7 Å². The molecule has 0 aliphatic heterocycles. The maximum atomic E-state index is 12.7. The zero-order valence-corrected chi connectivity index (χ0v) is 14.2. The standard InChI is InChI=1S/C20H16ClNO3/c1-25-19-10-7-15(12-18(19)14-3-2-4-16(21)11-14)20(23)13-5-8-17(22-24)9-6-13/h2-12,22,24H,1H3. The van der Waals surface area contributed by atoms with Crippen LogP contribution >= 0.6 is 11.6 Å². The van der Waals surface area contributed by atoms with Gasteiger partial charge in [0.05, 0.1) is 12.8 Å². The van der Waals surface area contributed by atoms with Crippen LogP contribution in [0.25, 0.3) is 11.1 Å². The minimum absolute atomic E-state index is 0.115. The van der Waals surface area contributed by atoms with Crippen LogP contribution in [0.5, 0.6) is 5.75 Å². The van der Waals surface area contributed by atoms with Crippen molar-refractivity contribution in [3.63, 3.8) is 0 Å². The van der Waals surface area contributed by atoms with Gasteiger partial charge in [-0.15, -0.1) is 0 Å². The summed E-state index contributed by atoms with van der Waals surface area (Å²) in [5.41, 5.74) is 5.30. The molecule has 0 aliphatic rings. The van der Waals surface area contributed by atoms with Gasteiger partial charge in [-0.2, -0.15) is 0 Å². The zero-order valence-electron chi connectivity index (χ0n) is 13.5. The van der Waals surface area contributed by atoms with Gasteiger partial charge in [-0.3, -0.25) is 15.5 Å². The first-order valence-corrected chi connectivity index (χ1v) is 7.99. The van der Waals surface area contributed by atoms with Crippen LogP contribution in [0.15, 0.2) is 66.7 Å². The van der Waals surface area contributed by atoms with Crippen LogP contribution in [0.3, 0.4) is 0 Å². The van der Waals surface area contributed by atoms with Crippen molar-refractivity contribution in [2.24, 2.45) is 0 Å². The molecule has 4 nitrogen and oxygen atoms in total. The Morgan fingerprint density at radius 3 is 2.36 bits per heavy atom. The van der Waals surface area contributed by atoms with Crippen molar-refractivity contribution in [2.75, 3.05) is 12.6 Å². The summed E-state index contributed by atoms with van der Waals surface area (Å²) in [5.74, 6) is 0.550. The number of hydrogen-bond donors (Lipinski definition) is 2. The van der Waals surface area contributed by atoms with E-state index in [1.807, 2.05) is 23.7 Å². The van der Waals surface area contributed by atoms with E-state index in [9.17, 15) is 4.79 Å². The summed E-state index contributed by atoms with van der Waals surface area (Å²) in [6.07, 6.45) is 0. The molecule has 0 fully saturated rings. The molecule has 0 saturated carbocycles. The summed E-state index contributed by atoms with van der Waals surface area (Å²) >= 11 is 6.08. The molecule has 2 N–H and O–H groups in total. The highest BCUT2D eigenvalue weighted by atomic mass is 35.5. The van der Waals surface area contributed by atoms with Crippen molar-refractivity contribution >= 4 is 23.1 Å². The fraction of sp³-hybridized carbons (Fsp3) is 0.0500. The number of rotatable bonds is 5. The molecule has 0 saturated heterocycles. The Balaban J connectivity index is 2.02. The van der Waals surface area contributed by atoms with Crippen LogP contribution in [-0.2, 0) is 0 Å². The topological polar surface area (TPSA) is 58.6 Å². The third-order valence-electron chi connectivity index (χ3n) is 3.87. The van der Waals surface area contributed by atoms with Crippen molar-refractivity contribution in [3.05, 3.63) is 82.9 Å². The molecule has 3 aromatic carbocycles. The maximum absolute atomic E-state index is 12.7. The fourth-order valence-corrected chi connectivity index (χ4v) is 2.78. The first-order chi connectivity index (χ1) is 12.1. The smallest absolute Gasteiger partial charge is 0.193 e. The summed E-state index contributed by atoms with van der Waals surface area (Å²) in [4.78, 5) is 12.7.